The molecule has 1 fully saturated rings. The summed E-state index contributed by atoms with van der Waals surface area (Å²) in [7, 11) is 0. The van der Waals surface area contributed by atoms with E-state index in [2.05, 4.69) is 5.32 Å². The van der Waals surface area contributed by atoms with Gasteiger partial charge in [-0.05, 0) is 41.7 Å². The second kappa shape index (κ2) is 6.96. The molecular formula is C19H18ClFN2O3. The Morgan fingerprint density at radius 1 is 1.19 bits per heavy atom. The summed E-state index contributed by atoms with van der Waals surface area (Å²) in [5, 5.41) is 11.9. The fourth-order valence-electron chi connectivity index (χ4n) is 3.77. The smallest absolute Gasteiger partial charge is 0.330 e. The zero-order valence-corrected chi connectivity index (χ0v) is 14.5. The van der Waals surface area contributed by atoms with Crippen LogP contribution in [-0.4, -0.2) is 28.0 Å². The summed E-state index contributed by atoms with van der Waals surface area (Å²) in [6, 6.07) is 12.3. The van der Waals surface area contributed by atoms with Crippen LogP contribution in [0.5, 0.6) is 0 Å². The van der Waals surface area contributed by atoms with Crippen LogP contribution in [0.4, 0.5) is 9.18 Å². The van der Waals surface area contributed by atoms with E-state index < -0.39 is 28.8 Å². The number of hydrogen-bond donors (Lipinski definition) is 3. The average Bonchev–Trinajstić information content (AvgIpc) is 2.92. The molecule has 2 aromatic carbocycles. The van der Waals surface area contributed by atoms with E-state index in [0.717, 1.165) is 16.7 Å². The number of carboxylic acid groups (broad SMARTS) is 1. The molecule has 1 aliphatic rings. The average molecular weight is 377 g/mol. The predicted molar refractivity (Wildman–Crippen MR) is 96.5 cm³/mol. The van der Waals surface area contributed by atoms with E-state index in [9.17, 15) is 19.1 Å². The topological polar surface area (TPSA) is 92.4 Å². The molecule has 3 unspecified atom stereocenters. The van der Waals surface area contributed by atoms with Crippen LogP contribution in [0.15, 0.2) is 48.5 Å². The lowest BCUT2D eigenvalue weighted by atomic mass is 9.79. The van der Waals surface area contributed by atoms with Gasteiger partial charge in [0.05, 0.1) is 0 Å². The minimum atomic E-state index is -1.59. The summed E-state index contributed by atoms with van der Waals surface area (Å²) in [6.07, 6.45) is 0.432. The van der Waals surface area contributed by atoms with Crippen molar-refractivity contribution in [1.82, 2.24) is 5.32 Å². The Morgan fingerprint density at radius 3 is 2.46 bits per heavy atom. The number of hydrogen-bond acceptors (Lipinski definition) is 2. The molecule has 7 heteroatoms. The normalized spacial score (nSPS) is 25.0. The van der Waals surface area contributed by atoms with E-state index in [0.29, 0.717) is 6.42 Å². The molecule has 0 aromatic heterocycles. The standard InChI is InChI=1S/C19H18ClFN2O3/c20-12-9-16(19(10-12,17(24)25)23-18(22)26)15-4-2-1-3-14(15)11-5-7-13(21)8-6-11/h1-8,12,16H,9-10H2,(H,24,25)(H3,22,23,26). The highest BCUT2D eigenvalue weighted by molar-refractivity contribution is 6.21. The van der Waals surface area contributed by atoms with Gasteiger partial charge in [-0.15, -0.1) is 11.6 Å². The number of carbonyl (C=O) groups is 2. The quantitative estimate of drug-likeness (QED) is 0.713. The summed E-state index contributed by atoms with van der Waals surface area (Å²) in [6.45, 7) is 0. The summed E-state index contributed by atoms with van der Waals surface area (Å²) >= 11 is 6.28. The SMILES string of the molecule is NC(=O)NC1(C(=O)O)CC(Cl)CC1c1ccccc1-c1ccc(F)cc1. The maximum atomic E-state index is 13.3. The first-order valence-corrected chi connectivity index (χ1v) is 8.57. The maximum Gasteiger partial charge on any atom is 0.330 e. The van der Waals surface area contributed by atoms with Crippen molar-refractivity contribution in [3.63, 3.8) is 0 Å². The molecule has 3 atom stereocenters. The van der Waals surface area contributed by atoms with Gasteiger partial charge in [0, 0.05) is 11.3 Å². The maximum absolute atomic E-state index is 13.3. The number of nitrogens with one attached hydrogen (secondary N) is 1. The van der Waals surface area contributed by atoms with Gasteiger partial charge in [-0.1, -0.05) is 36.4 Å². The first kappa shape index (κ1) is 18.2. The molecule has 0 aliphatic heterocycles. The zero-order valence-electron chi connectivity index (χ0n) is 13.8. The largest absolute Gasteiger partial charge is 0.479 e. The minimum Gasteiger partial charge on any atom is -0.479 e. The van der Waals surface area contributed by atoms with Gasteiger partial charge in [0.15, 0.2) is 0 Å². The molecule has 0 radical (unpaired) electrons. The number of carbonyl (C=O) groups excluding carboxylic acids is 1. The highest BCUT2D eigenvalue weighted by Gasteiger charge is 2.54. The van der Waals surface area contributed by atoms with Crippen molar-refractivity contribution in [2.24, 2.45) is 5.73 Å². The van der Waals surface area contributed by atoms with Gasteiger partial charge in [-0.2, -0.15) is 0 Å². The molecule has 26 heavy (non-hydrogen) atoms. The molecule has 3 rings (SSSR count). The number of urea groups is 1. The van der Waals surface area contributed by atoms with E-state index in [1.54, 1.807) is 24.3 Å². The summed E-state index contributed by atoms with van der Waals surface area (Å²) in [5.41, 5.74) is 5.89. The van der Waals surface area contributed by atoms with Crippen molar-refractivity contribution in [3.8, 4) is 11.1 Å². The molecule has 136 valence electrons. The second-order valence-corrected chi connectivity index (χ2v) is 7.07. The molecule has 1 aliphatic carbocycles. The van der Waals surface area contributed by atoms with E-state index in [4.69, 9.17) is 17.3 Å². The van der Waals surface area contributed by atoms with Crippen molar-refractivity contribution in [2.75, 3.05) is 0 Å². The molecule has 0 bridgehead atoms. The molecule has 2 amide bonds. The number of aliphatic carboxylic acids is 1. The number of carboxylic acids is 1. The van der Waals surface area contributed by atoms with Crippen molar-refractivity contribution in [2.45, 2.75) is 29.7 Å². The van der Waals surface area contributed by atoms with E-state index >= 15 is 0 Å². The van der Waals surface area contributed by atoms with Crippen LogP contribution in [0.1, 0.15) is 24.3 Å². The fourth-order valence-corrected chi connectivity index (χ4v) is 4.19. The fraction of sp³-hybridized carbons (Fsp3) is 0.263. The number of halogens is 2. The van der Waals surface area contributed by atoms with E-state index in [1.165, 1.54) is 12.1 Å². The highest BCUT2D eigenvalue weighted by atomic mass is 35.5. The number of amides is 2. The summed E-state index contributed by atoms with van der Waals surface area (Å²) in [4.78, 5) is 23.6. The van der Waals surface area contributed by atoms with Crippen molar-refractivity contribution in [3.05, 3.63) is 59.9 Å². The summed E-state index contributed by atoms with van der Waals surface area (Å²) in [5.74, 6) is -2.11. The van der Waals surface area contributed by atoms with Gasteiger partial charge < -0.3 is 16.2 Å². The Kier molecular flexibility index (Phi) is 4.87. The predicted octanol–water partition coefficient (Wildman–Crippen LogP) is 3.47. The molecule has 5 nitrogen and oxygen atoms in total. The Bertz CT molecular complexity index is 843. The van der Waals surface area contributed by atoms with Gasteiger partial charge >= 0.3 is 12.0 Å². The first-order chi connectivity index (χ1) is 12.3. The third-order valence-corrected chi connectivity index (χ3v) is 5.18. The third-order valence-electron chi connectivity index (χ3n) is 4.85. The first-order valence-electron chi connectivity index (χ1n) is 8.13. The van der Waals surface area contributed by atoms with Gasteiger partial charge in [0.2, 0.25) is 0 Å². The van der Waals surface area contributed by atoms with Crippen LogP contribution >= 0.6 is 11.6 Å². The van der Waals surface area contributed by atoms with Crippen LogP contribution in [0.3, 0.4) is 0 Å². The molecule has 0 saturated heterocycles. The second-order valence-electron chi connectivity index (χ2n) is 6.45. The number of alkyl halides is 1. The lowest BCUT2D eigenvalue weighted by molar-refractivity contribution is -0.144. The molecule has 1 saturated carbocycles. The van der Waals surface area contributed by atoms with E-state index in [-0.39, 0.29) is 12.2 Å². The third kappa shape index (κ3) is 3.24. The van der Waals surface area contributed by atoms with Gasteiger partial charge in [0.25, 0.3) is 0 Å². The van der Waals surface area contributed by atoms with E-state index in [1.807, 2.05) is 12.1 Å². The van der Waals surface area contributed by atoms with Crippen LogP contribution in [-0.2, 0) is 4.79 Å². The number of benzene rings is 2. The van der Waals surface area contributed by atoms with Crippen molar-refractivity contribution >= 4 is 23.6 Å². The molecular weight excluding hydrogens is 359 g/mol. The monoisotopic (exact) mass is 376 g/mol. The number of nitrogens with two attached hydrogens (primary N) is 1. The summed E-state index contributed by atoms with van der Waals surface area (Å²) < 4.78 is 13.3. The van der Waals surface area contributed by atoms with Crippen LogP contribution < -0.4 is 11.1 Å². The lowest BCUT2D eigenvalue weighted by Gasteiger charge is -2.33. The van der Waals surface area contributed by atoms with Crippen LogP contribution in [0.2, 0.25) is 0 Å². The molecule has 0 spiro atoms. The highest BCUT2D eigenvalue weighted by Crippen LogP contribution is 2.47. The van der Waals surface area contributed by atoms with Crippen molar-refractivity contribution in [1.29, 1.82) is 0 Å². The minimum absolute atomic E-state index is 0.0647. The lowest BCUT2D eigenvalue weighted by Crippen LogP contribution is -2.57. The Morgan fingerprint density at radius 2 is 1.85 bits per heavy atom. The van der Waals surface area contributed by atoms with Gasteiger partial charge in [0.1, 0.15) is 11.4 Å². The molecule has 2 aromatic rings. The number of rotatable bonds is 4. The Hall–Kier alpha value is -2.60. The van der Waals surface area contributed by atoms with Crippen molar-refractivity contribution < 1.29 is 19.1 Å². The number of primary amides is 1. The Balaban J connectivity index is 2.13. The van der Waals surface area contributed by atoms with Crippen LogP contribution in [0.25, 0.3) is 11.1 Å². The molecule has 4 N–H and O–H groups in total. The van der Waals surface area contributed by atoms with Gasteiger partial charge in [-0.25, -0.2) is 14.0 Å². The van der Waals surface area contributed by atoms with Gasteiger partial charge in [-0.3, -0.25) is 0 Å². The molecule has 0 heterocycles. The zero-order chi connectivity index (χ0) is 18.9. The van der Waals surface area contributed by atoms with Crippen LogP contribution in [0, 0.1) is 5.82 Å². The Labute approximate surface area is 155 Å².